The third-order valence-electron chi connectivity index (χ3n) is 3.65. The number of rotatable bonds is 0. The van der Waals surface area contributed by atoms with Crippen LogP contribution in [0.3, 0.4) is 0 Å². The van der Waals surface area contributed by atoms with Crippen LogP contribution < -0.4 is 0 Å². The molecule has 0 radical (unpaired) electrons. The van der Waals surface area contributed by atoms with E-state index < -0.39 is 0 Å². The van der Waals surface area contributed by atoms with Crippen molar-refractivity contribution in [3.8, 4) is 0 Å². The molecule has 0 aromatic rings. The second-order valence-corrected chi connectivity index (χ2v) is 4.72. The number of hydrogen-bond donors (Lipinski definition) is 0. The summed E-state index contributed by atoms with van der Waals surface area (Å²) >= 11 is 0. The molecule has 1 saturated heterocycles. The van der Waals surface area contributed by atoms with Crippen molar-refractivity contribution in [1.29, 1.82) is 0 Å². The standard InChI is InChI=1S/C11H20N/c1-12-9-5-8-11(10-12)6-3-2-4-7-11/h1-10H2/q-1. The fourth-order valence-electron chi connectivity index (χ4n) is 3.02. The monoisotopic (exact) mass is 166 g/mol. The van der Waals surface area contributed by atoms with Gasteiger partial charge in [0.1, 0.15) is 0 Å². The van der Waals surface area contributed by atoms with Gasteiger partial charge in [-0.2, -0.15) is 0 Å². The van der Waals surface area contributed by atoms with Gasteiger partial charge in [0.2, 0.25) is 0 Å². The molecule has 0 aromatic carbocycles. The van der Waals surface area contributed by atoms with Crippen LogP contribution in [0.4, 0.5) is 0 Å². The summed E-state index contributed by atoms with van der Waals surface area (Å²) in [5, 5.41) is 0. The van der Waals surface area contributed by atoms with Crippen molar-refractivity contribution in [2.75, 3.05) is 13.1 Å². The minimum Gasteiger partial charge on any atom is -0.459 e. The van der Waals surface area contributed by atoms with Crippen molar-refractivity contribution < 1.29 is 0 Å². The van der Waals surface area contributed by atoms with Gasteiger partial charge in [-0.1, -0.05) is 19.3 Å². The molecular weight excluding hydrogens is 146 g/mol. The van der Waals surface area contributed by atoms with Crippen molar-refractivity contribution >= 4 is 0 Å². The van der Waals surface area contributed by atoms with Crippen LogP contribution in [0, 0.1) is 12.5 Å². The maximum atomic E-state index is 4.08. The van der Waals surface area contributed by atoms with Gasteiger partial charge in [-0.25, -0.2) is 0 Å². The van der Waals surface area contributed by atoms with Crippen LogP contribution >= 0.6 is 0 Å². The van der Waals surface area contributed by atoms with Crippen LogP contribution in [0.1, 0.15) is 44.9 Å². The van der Waals surface area contributed by atoms with E-state index in [0.29, 0.717) is 5.41 Å². The summed E-state index contributed by atoms with van der Waals surface area (Å²) in [6, 6.07) is 0. The molecular formula is C11H20N-. The summed E-state index contributed by atoms with van der Waals surface area (Å²) in [5.74, 6) is 0. The SMILES string of the molecule is [CH2-]N1CCCC2(CCCCC2)C1. The lowest BCUT2D eigenvalue weighted by Crippen LogP contribution is -2.41. The van der Waals surface area contributed by atoms with Crippen LogP contribution in [-0.4, -0.2) is 18.0 Å². The molecule has 2 fully saturated rings. The first-order chi connectivity index (χ1) is 5.81. The number of nitrogens with zero attached hydrogens (tertiary/aromatic N) is 1. The molecule has 0 unspecified atom stereocenters. The summed E-state index contributed by atoms with van der Waals surface area (Å²) in [6.45, 7) is 2.49. The van der Waals surface area contributed by atoms with Crippen molar-refractivity contribution in [1.82, 2.24) is 4.90 Å². The summed E-state index contributed by atoms with van der Waals surface area (Å²) in [7, 11) is 4.08. The number of likely N-dealkylation sites (tertiary alicyclic amines) is 1. The molecule has 0 atom stereocenters. The third-order valence-corrected chi connectivity index (χ3v) is 3.65. The fraction of sp³-hybridized carbons (Fsp3) is 0.909. The smallest absolute Gasteiger partial charge is 0.0194 e. The Balaban J connectivity index is 1.97. The van der Waals surface area contributed by atoms with E-state index in [4.69, 9.17) is 0 Å². The minimum absolute atomic E-state index is 0.693. The Labute approximate surface area is 76.1 Å². The molecule has 0 amide bonds. The van der Waals surface area contributed by atoms with E-state index in [0.717, 1.165) is 0 Å². The van der Waals surface area contributed by atoms with Gasteiger partial charge < -0.3 is 4.90 Å². The Morgan fingerprint density at radius 2 is 1.58 bits per heavy atom. The number of piperidine rings is 1. The fourth-order valence-corrected chi connectivity index (χ4v) is 3.02. The zero-order chi connectivity index (χ0) is 8.44. The Bertz CT molecular complexity index is 142. The molecule has 0 aromatic heterocycles. The van der Waals surface area contributed by atoms with E-state index >= 15 is 0 Å². The van der Waals surface area contributed by atoms with Gasteiger partial charge in [0.15, 0.2) is 0 Å². The maximum Gasteiger partial charge on any atom is -0.0194 e. The zero-order valence-corrected chi connectivity index (χ0v) is 8.02. The second-order valence-electron chi connectivity index (χ2n) is 4.72. The molecule has 1 saturated carbocycles. The van der Waals surface area contributed by atoms with Gasteiger partial charge in [-0.05, 0) is 44.2 Å². The van der Waals surface area contributed by atoms with E-state index in [9.17, 15) is 0 Å². The van der Waals surface area contributed by atoms with Crippen LogP contribution in [0.15, 0.2) is 0 Å². The third kappa shape index (κ3) is 1.66. The van der Waals surface area contributed by atoms with Crippen molar-refractivity contribution in [3.05, 3.63) is 7.05 Å². The number of hydrogen-bond acceptors (Lipinski definition) is 1. The molecule has 2 rings (SSSR count). The van der Waals surface area contributed by atoms with Crippen LogP contribution in [0.5, 0.6) is 0 Å². The molecule has 1 spiro atoms. The average Bonchev–Trinajstić information content (AvgIpc) is 2.05. The van der Waals surface area contributed by atoms with Crippen LogP contribution in [-0.2, 0) is 0 Å². The average molecular weight is 166 g/mol. The van der Waals surface area contributed by atoms with E-state index in [2.05, 4.69) is 11.9 Å². The molecule has 1 nitrogen and oxygen atoms in total. The first kappa shape index (κ1) is 8.55. The molecule has 1 aliphatic carbocycles. The van der Waals surface area contributed by atoms with Gasteiger partial charge in [0, 0.05) is 0 Å². The molecule has 1 heteroatoms. The van der Waals surface area contributed by atoms with Gasteiger partial charge in [-0.3, -0.25) is 7.05 Å². The lowest BCUT2D eigenvalue weighted by molar-refractivity contribution is 0.0784. The summed E-state index contributed by atoms with van der Waals surface area (Å²) in [5.41, 5.74) is 0.693. The molecule has 0 N–H and O–H groups in total. The summed E-state index contributed by atoms with van der Waals surface area (Å²) < 4.78 is 0. The van der Waals surface area contributed by atoms with Crippen molar-refractivity contribution in [3.63, 3.8) is 0 Å². The lowest BCUT2D eigenvalue weighted by Gasteiger charge is -2.47. The van der Waals surface area contributed by atoms with Crippen molar-refractivity contribution in [2.24, 2.45) is 5.41 Å². The lowest BCUT2D eigenvalue weighted by atomic mass is 9.69. The highest BCUT2D eigenvalue weighted by Crippen LogP contribution is 2.42. The normalized spacial score (nSPS) is 30.8. The molecule has 12 heavy (non-hydrogen) atoms. The van der Waals surface area contributed by atoms with Crippen molar-refractivity contribution in [2.45, 2.75) is 44.9 Å². The van der Waals surface area contributed by atoms with E-state index in [1.807, 2.05) is 0 Å². The Kier molecular flexibility index (Phi) is 2.40. The van der Waals surface area contributed by atoms with Crippen LogP contribution in [0.25, 0.3) is 0 Å². The Hall–Kier alpha value is -0.0400. The predicted octanol–water partition coefficient (Wildman–Crippen LogP) is 2.82. The Morgan fingerprint density at radius 1 is 0.917 bits per heavy atom. The molecule has 70 valence electrons. The highest BCUT2D eigenvalue weighted by Gasteiger charge is 2.33. The molecule has 2 aliphatic rings. The van der Waals surface area contributed by atoms with Crippen LogP contribution in [0.2, 0.25) is 0 Å². The molecule has 1 aliphatic heterocycles. The minimum atomic E-state index is 0.693. The Morgan fingerprint density at radius 3 is 2.25 bits per heavy atom. The van der Waals surface area contributed by atoms with Gasteiger partial charge in [-0.15, -0.1) is 0 Å². The molecule has 0 bridgehead atoms. The molecule has 1 heterocycles. The summed E-state index contributed by atoms with van der Waals surface area (Å²) in [6.07, 6.45) is 10.2. The quantitative estimate of drug-likeness (QED) is 0.500. The largest absolute Gasteiger partial charge is 0.459 e. The first-order valence-corrected chi connectivity index (χ1v) is 5.36. The highest BCUT2D eigenvalue weighted by molar-refractivity contribution is 4.89. The van der Waals surface area contributed by atoms with Gasteiger partial charge in [0.05, 0.1) is 0 Å². The van der Waals surface area contributed by atoms with Gasteiger partial charge in [0.25, 0.3) is 0 Å². The predicted molar refractivity (Wildman–Crippen MR) is 51.7 cm³/mol. The van der Waals surface area contributed by atoms with E-state index in [1.165, 1.54) is 58.0 Å². The van der Waals surface area contributed by atoms with E-state index in [-0.39, 0.29) is 0 Å². The van der Waals surface area contributed by atoms with E-state index in [1.54, 1.807) is 0 Å². The zero-order valence-electron chi connectivity index (χ0n) is 8.02. The van der Waals surface area contributed by atoms with Gasteiger partial charge >= 0.3 is 0 Å². The highest BCUT2D eigenvalue weighted by atomic mass is 15.1. The topological polar surface area (TPSA) is 3.24 Å². The summed E-state index contributed by atoms with van der Waals surface area (Å²) in [4.78, 5) is 2.29. The first-order valence-electron chi connectivity index (χ1n) is 5.36. The maximum absolute atomic E-state index is 4.08. The second kappa shape index (κ2) is 3.37.